The Morgan fingerprint density at radius 2 is 2.00 bits per heavy atom. The van der Waals surface area contributed by atoms with Crippen molar-refractivity contribution in [3.8, 4) is 0 Å². The lowest BCUT2D eigenvalue weighted by Crippen LogP contribution is -2.30. The summed E-state index contributed by atoms with van der Waals surface area (Å²) in [5, 5.41) is 8.59. The molecule has 0 aromatic carbocycles. The van der Waals surface area contributed by atoms with Crippen molar-refractivity contribution in [2.75, 3.05) is 40.0 Å². The number of aliphatic hydroxyl groups excluding tert-OH is 1. The molecule has 0 bridgehead atoms. The molecule has 0 aromatic heterocycles. The highest BCUT2D eigenvalue weighted by atomic mass is 16.6. The molecule has 0 rings (SSSR count). The van der Waals surface area contributed by atoms with Crippen LogP contribution in [0, 0.1) is 0 Å². The number of carbonyl (C=O) groups excluding carboxylic acids is 2. The van der Waals surface area contributed by atoms with E-state index >= 15 is 0 Å². The van der Waals surface area contributed by atoms with E-state index in [-0.39, 0.29) is 26.4 Å². The fraction of sp³-hybridized carbons (Fsp3) is 0.600. The average Bonchev–Trinajstić information content (AvgIpc) is 2.24. The lowest BCUT2D eigenvalue weighted by Gasteiger charge is -2.13. The number of likely N-dealkylation sites (N-methyl/N-ethyl adjacent to an activating group) is 1. The second-order valence-corrected chi connectivity index (χ2v) is 3.05. The van der Waals surface area contributed by atoms with Crippen molar-refractivity contribution in [1.82, 2.24) is 4.90 Å². The van der Waals surface area contributed by atoms with Crippen LogP contribution in [0.3, 0.4) is 0 Å². The maximum atomic E-state index is 11.1. The standard InChI is InChI=1S/C10H17NO5/c1-3-9(13)15-6-7-16-10(14)8-11(2)4-5-12/h3,12H,1,4-8H2,2H3. The molecule has 0 radical (unpaired) electrons. The Labute approximate surface area is 94.4 Å². The first-order chi connectivity index (χ1) is 7.60. The lowest BCUT2D eigenvalue weighted by molar-refractivity contribution is -0.150. The molecule has 1 N–H and O–H groups in total. The summed E-state index contributed by atoms with van der Waals surface area (Å²) < 4.78 is 9.39. The summed E-state index contributed by atoms with van der Waals surface area (Å²) >= 11 is 0. The average molecular weight is 231 g/mol. The van der Waals surface area contributed by atoms with Gasteiger partial charge in [-0.2, -0.15) is 0 Å². The van der Waals surface area contributed by atoms with Crippen molar-refractivity contribution in [2.45, 2.75) is 0 Å². The molecule has 0 aliphatic heterocycles. The van der Waals surface area contributed by atoms with E-state index in [9.17, 15) is 9.59 Å². The molecule has 0 saturated heterocycles. The van der Waals surface area contributed by atoms with E-state index in [1.165, 1.54) is 0 Å². The van der Waals surface area contributed by atoms with E-state index in [1.807, 2.05) is 0 Å². The zero-order chi connectivity index (χ0) is 12.4. The highest BCUT2D eigenvalue weighted by molar-refractivity contribution is 5.81. The third-order valence-electron chi connectivity index (χ3n) is 1.64. The quantitative estimate of drug-likeness (QED) is 0.334. The van der Waals surface area contributed by atoms with Gasteiger partial charge in [-0.25, -0.2) is 4.79 Å². The Morgan fingerprint density at radius 1 is 1.38 bits per heavy atom. The number of nitrogens with zero attached hydrogens (tertiary/aromatic N) is 1. The van der Waals surface area contributed by atoms with E-state index in [4.69, 9.17) is 9.84 Å². The number of aliphatic hydroxyl groups is 1. The smallest absolute Gasteiger partial charge is 0.330 e. The maximum Gasteiger partial charge on any atom is 0.330 e. The van der Waals surface area contributed by atoms with E-state index < -0.39 is 11.9 Å². The lowest BCUT2D eigenvalue weighted by atomic mass is 10.5. The summed E-state index contributed by atoms with van der Waals surface area (Å²) in [6.07, 6.45) is 1.04. The summed E-state index contributed by atoms with van der Waals surface area (Å²) in [6.45, 7) is 3.74. The number of carbonyl (C=O) groups is 2. The predicted octanol–water partition coefficient (Wildman–Crippen LogP) is -0.817. The summed E-state index contributed by atoms with van der Waals surface area (Å²) in [4.78, 5) is 23.4. The molecule has 0 aliphatic rings. The van der Waals surface area contributed by atoms with E-state index in [0.29, 0.717) is 6.54 Å². The summed E-state index contributed by atoms with van der Waals surface area (Å²) in [5.74, 6) is -0.973. The SMILES string of the molecule is C=CC(=O)OCCOC(=O)CN(C)CCO. The molecular weight excluding hydrogens is 214 g/mol. The van der Waals surface area contributed by atoms with Gasteiger partial charge >= 0.3 is 11.9 Å². The van der Waals surface area contributed by atoms with E-state index in [0.717, 1.165) is 6.08 Å². The van der Waals surface area contributed by atoms with E-state index in [2.05, 4.69) is 11.3 Å². The third kappa shape index (κ3) is 7.95. The molecule has 0 aromatic rings. The van der Waals surface area contributed by atoms with Gasteiger partial charge in [-0.3, -0.25) is 9.69 Å². The molecule has 0 atom stereocenters. The monoisotopic (exact) mass is 231 g/mol. The van der Waals surface area contributed by atoms with Gasteiger partial charge in [0, 0.05) is 12.6 Å². The van der Waals surface area contributed by atoms with Gasteiger partial charge in [0.2, 0.25) is 0 Å². The Kier molecular flexibility index (Phi) is 8.10. The predicted molar refractivity (Wildman–Crippen MR) is 56.7 cm³/mol. The van der Waals surface area contributed by atoms with Crippen molar-refractivity contribution in [1.29, 1.82) is 0 Å². The number of hydrogen-bond donors (Lipinski definition) is 1. The van der Waals surface area contributed by atoms with Crippen molar-refractivity contribution in [3.63, 3.8) is 0 Å². The Bertz CT molecular complexity index is 241. The van der Waals surface area contributed by atoms with Gasteiger partial charge in [0.25, 0.3) is 0 Å². The fourth-order valence-electron chi connectivity index (χ4n) is 0.872. The van der Waals surface area contributed by atoms with Crippen molar-refractivity contribution in [3.05, 3.63) is 12.7 Å². The second-order valence-electron chi connectivity index (χ2n) is 3.05. The fourth-order valence-corrected chi connectivity index (χ4v) is 0.872. The Hall–Kier alpha value is -1.40. The molecule has 0 spiro atoms. The molecular formula is C10H17NO5. The minimum absolute atomic E-state index is 0.0132. The molecule has 6 nitrogen and oxygen atoms in total. The summed E-state index contributed by atoms with van der Waals surface area (Å²) in [7, 11) is 1.69. The summed E-state index contributed by atoms with van der Waals surface area (Å²) in [5.41, 5.74) is 0. The van der Waals surface area contributed by atoms with Crippen molar-refractivity contribution < 1.29 is 24.2 Å². The maximum absolute atomic E-state index is 11.1. The summed E-state index contributed by atoms with van der Waals surface area (Å²) in [6, 6.07) is 0. The second kappa shape index (κ2) is 8.87. The zero-order valence-electron chi connectivity index (χ0n) is 9.35. The van der Waals surface area contributed by atoms with Gasteiger partial charge in [0.05, 0.1) is 13.2 Å². The largest absolute Gasteiger partial charge is 0.461 e. The third-order valence-corrected chi connectivity index (χ3v) is 1.64. The van der Waals surface area contributed by atoms with Crippen molar-refractivity contribution >= 4 is 11.9 Å². The van der Waals surface area contributed by atoms with Gasteiger partial charge in [0.15, 0.2) is 0 Å². The number of hydrogen-bond acceptors (Lipinski definition) is 6. The first-order valence-corrected chi connectivity index (χ1v) is 4.84. The van der Waals surface area contributed by atoms with Crippen LogP contribution in [-0.4, -0.2) is 61.9 Å². The minimum atomic E-state index is -0.548. The Balaban J connectivity index is 3.50. The molecule has 0 aliphatic carbocycles. The molecule has 6 heteroatoms. The van der Waals surface area contributed by atoms with Gasteiger partial charge in [-0.15, -0.1) is 0 Å². The molecule has 92 valence electrons. The van der Waals surface area contributed by atoms with Crippen LogP contribution in [0.4, 0.5) is 0 Å². The zero-order valence-corrected chi connectivity index (χ0v) is 9.35. The molecule has 0 amide bonds. The van der Waals surface area contributed by atoms with Gasteiger partial charge in [-0.1, -0.05) is 6.58 Å². The number of ether oxygens (including phenoxy) is 2. The van der Waals surface area contributed by atoms with Gasteiger partial charge in [-0.05, 0) is 7.05 Å². The van der Waals surface area contributed by atoms with Crippen LogP contribution in [0.15, 0.2) is 12.7 Å². The van der Waals surface area contributed by atoms with Crippen LogP contribution in [-0.2, 0) is 19.1 Å². The highest BCUT2D eigenvalue weighted by Crippen LogP contribution is 1.87. The topological polar surface area (TPSA) is 76.1 Å². The first-order valence-electron chi connectivity index (χ1n) is 4.84. The van der Waals surface area contributed by atoms with Crippen LogP contribution >= 0.6 is 0 Å². The van der Waals surface area contributed by atoms with Crippen LogP contribution < -0.4 is 0 Å². The normalized spacial score (nSPS) is 9.94. The van der Waals surface area contributed by atoms with Gasteiger partial charge in [0.1, 0.15) is 13.2 Å². The van der Waals surface area contributed by atoms with Gasteiger partial charge < -0.3 is 14.6 Å². The number of esters is 2. The van der Waals surface area contributed by atoms with Crippen LogP contribution in [0.5, 0.6) is 0 Å². The van der Waals surface area contributed by atoms with E-state index in [1.54, 1.807) is 11.9 Å². The first kappa shape index (κ1) is 14.6. The van der Waals surface area contributed by atoms with Crippen molar-refractivity contribution in [2.24, 2.45) is 0 Å². The molecule has 0 saturated carbocycles. The Morgan fingerprint density at radius 3 is 2.56 bits per heavy atom. The van der Waals surface area contributed by atoms with Crippen LogP contribution in [0.1, 0.15) is 0 Å². The molecule has 0 heterocycles. The molecule has 0 unspecified atom stereocenters. The molecule has 16 heavy (non-hydrogen) atoms. The van der Waals surface area contributed by atoms with Crippen LogP contribution in [0.2, 0.25) is 0 Å². The highest BCUT2D eigenvalue weighted by Gasteiger charge is 2.07. The number of rotatable bonds is 8. The minimum Gasteiger partial charge on any atom is -0.461 e. The van der Waals surface area contributed by atoms with Crippen LogP contribution in [0.25, 0.3) is 0 Å². The molecule has 0 fully saturated rings.